The number of rotatable bonds is 6. The van der Waals surface area contributed by atoms with Crippen molar-refractivity contribution >= 4 is 11.8 Å². The molecule has 1 fully saturated rings. The van der Waals surface area contributed by atoms with Crippen LogP contribution < -0.4 is 5.32 Å². The highest BCUT2D eigenvalue weighted by atomic mass is 19.1. The normalized spacial score (nSPS) is 17.8. The Morgan fingerprint density at radius 1 is 1.07 bits per heavy atom. The maximum atomic E-state index is 13.3. The minimum atomic E-state index is -0.405. The van der Waals surface area contributed by atoms with E-state index in [1.807, 2.05) is 35.2 Å². The lowest BCUT2D eigenvalue weighted by molar-refractivity contribution is -0.124. The zero-order valence-electron chi connectivity index (χ0n) is 16.6. The first-order chi connectivity index (χ1) is 14.1. The molecule has 0 atom stereocenters. The number of fused-ring (bicyclic) bond motifs is 1. The van der Waals surface area contributed by atoms with Gasteiger partial charge in [0, 0.05) is 25.1 Å². The fourth-order valence-corrected chi connectivity index (χ4v) is 4.79. The molecule has 4 rings (SSSR count). The van der Waals surface area contributed by atoms with Gasteiger partial charge in [-0.15, -0.1) is 0 Å². The van der Waals surface area contributed by atoms with Crippen LogP contribution in [-0.4, -0.2) is 28.8 Å². The van der Waals surface area contributed by atoms with Crippen molar-refractivity contribution in [3.05, 3.63) is 71.0 Å². The van der Waals surface area contributed by atoms with Crippen molar-refractivity contribution < 1.29 is 14.0 Å². The molecular formula is C24H27FN2O2. The second-order valence-electron chi connectivity index (χ2n) is 8.24. The lowest BCUT2D eigenvalue weighted by Crippen LogP contribution is -2.52. The van der Waals surface area contributed by atoms with E-state index in [2.05, 4.69) is 5.32 Å². The number of benzene rings is 2. The predicted octanol–water partition coefficient (Wildman–Crippen LogP) is 4.23. The van der Waals surface area contributed by atoms with Gasteiger partial charge in [-0.2, -0.15) is 0 Å². The van der Waals surface area contributed by atoms with Crippen LogP contribution in [0.5, 0.6) is 0 Å². The monoisotopic (exact) mass is 394 g/mol. The zero-order chi connectivity index (χ0) is 20.3. The fraction of sp³-hybridized carbons (Fsp3) is 0.417. The molecule has 2 aromatic carbocycles. The molecule has 0 bridgehead atoms. The van der Waals surface area contributed by atoms with E-state index in [9.17, 15) is 14.0 Å². The quantitative estimate of drug-likeness (QED) is 0.797. The molecule has 1 heterocycles. The summed E-state index contributed by atoms with van der Waals surface area (Å²) >= 11 is 0. The van der Waals surface area contributed by atoms with Crippen molar-refractivity contribution in [2.75, 3.05) is 6.54 Å². The highest BCUT2D eigenvalue weighted by Gasteiger charge is 2.45. The first-order valence-electron chi connectivity index (χ1n) is 10.5. The summed E-state index contributed by atoms with van der Waals surface area (Å²) in [5, 5.41) is 2.98. The third kappa shape index (κ3) is 4.19. The Morgan fingerprint density at radius 2 is 1.86 bits per heavy atom. The van der Waals surface area contributed by atoms with Crippen molar-refractivity contribution in [1.29, 1.82) is 0 Å². The van der Waals surface area contributed by atoms with E-state index in [-0.39, 0.29) is 17.6 Å². The Bertz CT molecular complexity index is 905. The number of nitrogens with zero attached hydrogens (tertiary/aromatic N) is 1. The molecule has 152 valence electrons. The molecule has 0 unspecified atom stereocenters. The molecule has 0 aromatic heterocycles. The van der Waals surface area contributed by atoms with Gasteiger partial charge in [0.15, 0.2) is 0 Å². The van der Waals surface area contributed by atoms with Gasteiger partial charge >= 0.3 is 0 Å². The lowest BCUT2D eigenvalue weighted by atomic mass is 9.77. The molecule has 1 N–H and O–H groups in total. The van der Waals surface area contributed by atoms with Gasteiger partial charge in [-0.05, 0) is 48.6 Å². The summed E-state index contributed by atoms with van der Waals surface area (Å²) in [5.74, 6) is -0.246. The van der Waals surface area contributed by atoms with E-state index < -0.39 is 5.54 Å². The van der Waals surface area contributed by atoms with Crippen LogP contribution in [0.3, 0.4) is 0 Å². The topological polar surface area (TPSA) is 49.4 Å². The molecule has 2 aromatic rings. The second-order valence-corrected chi connectivity index (χ2v) is 8.24. The molecule has 0 spiro atoms. The summed E-state index contributed by atoms with van der Waals surface area (Å²) in [6.07, 6.45) is 5.87. The summed E-state index contributed by atoms with van der Waals surface area (Å²) in [6.45, 7) is 1.05. The van der Waals surface area contributed by atoms with E-state index >= 15 is 0 Å². The molecule has 4 nitrogen and oxygen atoms in total. The Labute approximate surface area is 171 Å². The number of halogens is 1. The summed E-state index contributed by atoms with van der Waals surface area (Å²) in [4.78, 5) is 27.8. The fourth-order valence-electron chi connectivity index (χ4n) is 4.79. The van der Waals surface area contributed by atoms with Crippen molar-refractivity contribution in [1.82, 2.24) is 10.2 Å². The van der Waals surface area contributed by atoms with Gasteiger partial charge < -0.3 is 10.2 Å². The molecule has 2 aliphatic rings. The third-order valence-electron chi connectivity index (χ3n) is 6.29. The van der Waals surface area contributed by atoms with Crippen LogP contribution in [0.2, 0.25) is 0 Å². The average molecular weight is 394 g/mol. The van der Waals surface area contributed by atoms with Crippen LogP contribution in [-0.2, 0) is 17.8 Å². The van der Waals surface area contributed by atoms with E-state index in [4.69, 9.17) is 0 Å². The van der Waals surface area contributed by atoms with Gasteiger partial charge in [0.05, 0.1) is 5.54 Å². The smallest absolute Gasteiger partial charge is 0.254 e. The van der Waals surface area contributed by atoms with Crippen LogP contribution in [0, 0.1) is 5.82 Å². The SMILES string of the molecule is O=C(CC1(N2Cc3ccccc3C2=O)CCCCC1)NCCc1cccc(F)c1. The third-order valence-corrected chi connectivity index (χ3v) is 6.29. The molecule has 2 amide bonds. The maximum absolute atomic E-state index is 13.3. The summed E-state index contributed by atoms with van der Waals surface area (Å²) in [5.41, 5.74) is 2.28. The van der Waals surface area contributed by atoms with Gasteiger partial charge in [-0.3, -0.25) is 9.59 Å². The van der Waals surface area contributed by atoms with Gasteiger partial charge in [-0.25, -0.2) is 4.39 Å². The molecule has 29 heavy (non-hydrogen) atoms. The summed E-state index contributed by atoms with van der Waals surface area (Å²) < 4.78 is 13.3. The van der Waals surface area contributed by atoms with Crippen molar-refractivity contribution in [3.8, 4) is 0 Å². The van der Waals surface area contributed by atoms with Gasteiger partial charge in [-0.1, -0.05) is 49.6 Å². The highest BCUT2D eigenvalue weighted by Crippen LogP contribution is 2.41. The zero-order valence-corrected chi connectivity index (χ0v) is 16.6. The van der Waals surface area contributed by atoms with Crippen LogP contribution in [0.25, 0.3) is 0 Å². The van der Waals surface area contributed by atoms with Gasteiger partial charge in [0.2, 0.25) is 5.91 Å². The second kappa shape index (κ2) is 8.36. The first-order valence-corrected chi connectivity index (χ1v) is 10.5. The molecule has 1 saturated carbocycles. The van der Waals surface area contributed by atoms with Gasteiger partial charge in [0.1, 0.15) is 5.82 Å². The maximum Gasteiger partial charge on any atom is 0.254 e. The number of carbonyl (C=O) groups is 2. The van der Waals surface area contributed by atoms with E-state index in [0.29, 0.717) is 25.9 Å². The number of nitrogens with one attached hydrogen (secondary N) is 1. The Kier molecular flexibility index (Phi) is 5.65. The molecule has 1 aliphatic heterocycles. The van der Waals surface area contributed by atoms with E-state index in [1.54, 1.807) is 6.07 Å². The lowest BCUT2D eigenvalue weighted by Gasteiger charge is -2.44. The Balaban J connectivity index is 1.42. The van der Waals surface area contributed by atoms with Crippen LogP contribution in [0.1, 0.15) is 60.0 Å². The number of carbonyl (C=O) groups excluding carboxylic acids is 2. The molecule has 1 aliphatic carbocycles. The molecule has 5 heteroatoms. The van der Waals surface area contributed by atoms with Crippen molar-refractivity contribution in [3.63, 3.8) is 0 Å². The largest absolute Gasteiger partial charge is 0.356 e. The standard InChI is InChI=1S/C24H27FN2O2/c25-20-9-6-7-18(15-20)11-14-26-22(28)16-24(12-4-1-5-13-24)27-17-19-8-2-3-10-21(19)23(27)29/h2-3,6-10,15H,1,4-5,11-14,16-17H2,(H,26,28). The number of hydrogen-bond donors (Lipinski definition) is 1. The number of amides is 2. The average Bonchev–Trinajstić information content (AvgIpc) is 3.06. The minimum Gasteiger partial charge on any atom is -0.356 e. The number of hydrogen-bond acceptors (Lipinski definition) is 2. The molecule has 0 saturated heterocycles. The first kappa shape index (κ1) is 19.6. The van der Waals surface area contributed by atoms with E-state index in [1.165, 1.54) is 12.1 Å². The molecule has 0 radical (unpaired) electrons. The Morgan fingerprint density at radius 3 is 2.62 bits per heavy atom. The van der Waals surface area contributed by atoms with Crippen LogP contribution in [0.15, 0.2) is 48.5 Å². The Hall–Kier alpha value is -2.69. The van der Waals surface area contributed by atoms with E-state index in [0.717, 1.165) is 48.8 Å². The summed E-state index contributed by atoms with van der Waals surface area (Å²) in [7, 11) is 0. The van der Waals surface area contributed by atoms with Gasteiger partial charge in [0.25, 0.3) is 5.91 Å². The molecular weight excluding hydrogens is 367 g/mol. The highest BCUT2D eigenvalue weighted by molar-refractivity contribution is 5.99. The predicted molar refractivity (Wildman–Crippen MR) is 110 cm³/mol. The van der Waals surface area contributed by atoms with Crippen LogP contribution >= 0.6 is 0 Å². The van der Waals surface area contributed by atoms with Crippen molar-refractivity contribution in [2.24, 2.45) is 0 Å². The van der Waals surface area contributed by atoms with Crippen molar-refractivity contribution in [2.45, 2.75) is 57.0 Å². The minimum absolute atomic E-state index is 0.0351. The van der Waals surface area contributed by atoms with Crippen LogP contribution in [0.4, 0.5) is 4.39 Å². The summed E-state index contributed by atoms with van der Waals surface area (Å²) in [6, 6.07) is 14.2.